The van der Waals surface area contributed by atoms with Crippen LogP contribution in [0.25, 0.3) is 10.6 Å². The first kappa shape index (κ1) is 21.4. The Morgan fingerprint density at radius 1 is 1.24 bits per heavy atom. The Morgan fingerprint density at radius 2 is 2.00 bits per heavy atom. The number of benzene rings is 1. The fourth-order valence-corrected chi connectivity index (χ4v) is 4.56. The fourth-order valence-electron chi connectivity index (χ4n) is 3.55. The van der Waals surface area contributed by atoms with Crippen LogP contribution in [0.4, 0.5) is 0 Å². The largest absolute Gasteiger partial charge is 0.504 e. The molecule has 158 valence electrons. The standard InChI is InChI=1S/C21H29N3O4S/c1-14-19(20(26)22-10-4-5-11-24-12-6-7-13-24)29-21(23-14)15-8-9-16(27-2)18(28-3)17(15)25/h8-9,25H,4-7,10-13H2,1-3H3,(H,22,26). The van der Waals surface area contributed by atoms with Crippen molar-refractivity contribution >= 4 is 17.2 Å². The second kappa shape index (κ2) is 9.93. The molecule has 0 aliphatic carbocycles. The number of carbonyl (C=O) groups excluding carboxylic acids is 1. The summed E-state index contributed by atoms with van der Waals surface area (Å²) >= 11 is 1.26. The number of nitrogens with one attached hydrogen (secondary N) is 1. The summed E-state index contributed by atoms with van der Waals surface area (Å²) in [5.41, 5.74) is 1.16. The number of thiazole rings is 1. The minimum Gasteiger partial charge on any atom is -0.504 e. The second-order valence-electron chi connectivity index (χ2n) is 7.14. The van der Waals surface area contributed by atoms with Crippen molar-refractivity contribution in [1.82, 2.24) is 15.2 Å². The third-order valence-corrected chi connectivity index (χ3v) is 6.33. The van der Waals surface area contributed by atoms with Gasteiger partial charge in [0.15, 0.2) is 11.5 Å². The van der Waals surface area contributed by atoms with E-state index >= 15 is 0 Å². The molecule has 2 heterocycles. The fraction of sp³-hybridized carbons (Fsp3) is 0.524. The predicted octanol–water partition coefficient (Wildman–Crippen LogP) is 3.45. The number of methoxy groups -OCH3 is 2. The van der Waals surface area contributed by atoms with Crippen molar-refractivity contribution < 1.29 is 19.4 Å². The number of unbranched alkanes of at least 4 members (excludes halogenated alkanes) is 1. The zero-order valence-corrected chi connectivity index (χ0v) is 18.1. The van der Waals surface area contributed by atoms with E-state index in [0.717, 1.165) is 19.4 Å². The van der Waals surface area contributed by atoms with E-state index in [-0.39, 0.29) is 17.4 Å². The van der Waals surface area contributed by atoms with Crippen LogP contribution in [0, 0.1) is 6.92 Å². The number of aromatic nitrogens is 1. The highest BCUT2D eigenvalue weighted by Crippen LogP contribution is 2.44. The quantitative estimate of drug-likeness (QED) is 0.606. The van der Waals surface area contributed by atoms with E-state index in [2.05, 4.69) is 15.2 Å². The van der Waals surface area contributed by atoms with Crippen LogP contribution in [0.2, 0.25) is 0 Å². The number of aryl methyl sites for hydroxylation is 1. The van der Waals surface area contributed by atoms with Crippen molar-refractivity contribution in [3.05, 3.63) is 22.7 Å². The molecular weight excluding hydrogens is 390 g/mol. The van der Waals surface area contributed by atoms with Crippen LogP contribution in [-0.4, -0.2) is 61.3 Å². The Balaban J connectivity index is 1.61. The number of amides is 1. The first-order chi connectivity index (χ1) is 14.0. The molecule has 1 amide bonds. The summed E-state index contributed by atoms with van der Waals surface area (Å²) in [6, 6.07) is 3.43. The van der Waals surface area contributed by atoms with Gasteiger partial charge in [-0.1, -0.05) is 0 Å². The number of carbonyl (C=O) groups is 1. The Hall–Kier alpha value is -2.32. The summed E-state index contributed by atoms with van der Waals surface area (Å²) < 4.78 is 10.4. The zero-order valence-electron chi connectivity index (χ0n) is 17.3. The van der Waals surface area contributed by atoms with Gasteiger partial charge >= 0.3 is 0 Å². The van der Waals surface area contributed by atoms with Gasteiger partial charge in [0.2, 0.25) is 5.75 Å². The molecule has 0 spiro atoms. The van der Waals surface area contributed by atoms with Crippen LogP contribution in [0.15, 0.2) is 12.1 Å². The van der Waals surface area contributed by atoms with Gasteiger partial charge in [0.05, 0.1) is 25.5 Å². The average Bonchev–Trinajstić information content (AvgIpc) is 3.36. The van der Waals surface area contributed by atoms with E-state index in [1.54, 1.807) is 19.1 Å². The van der Waals surface area contributed by atoms with E-state index in [0.29, 0.717) is 33.4 Å². The molecule has 0 atom stereocenters. The Labute approximate surface area is 175 Å². The normalized spacial score (nSPS) is 14.2. The Bertz CT molecular complexity index is 847. The van der Waals surface area contributed by atoms with Gasteiger partial charge in [-0.25, -0.2) is 4.98 Å². The first-order valence-electron chi connectivity index (χ1n) is 9.97. The summed E-state index contributed by atoms with van der Waals surface area (Å²) in [6.45, 7) is 5.98. The maximum absolute atomic E-state index is 12.6. The van der Waals surface area contributed by atoms with E-state index in [1.165, 1.54) is 51.5 Å². The number of phenols is 1. The van der Waals surface area contributed by atoms with Crippen molar-refractivity contribution in [1.29, 1.82) is 0 Å². The molecule has 0 saturated carbocycles. The number of likely N-dealkylation sites (tertiary alicyclic amines) is 1. The summed E-state index contributed by atoms with van der Waals surface area (Å²) in [5, 5.41) is 14.1. The number of phenolic OH excluding ortho intramolecular Hbond substituents is 1. The lowest BCUT2D eigenvalue weighted by atomic mass is 10.2. The van der Waals surface area contributed by atoms with Gasteiger partial charge < -0.3 is 24.8 Å². The lowest BCUT2D eigenvalue weighted by Gasteiger charge is -2.13. The molecule has 29 heavy (non-hydrogen) atoms. The highest BCUT2D eigenvalue weighted by Gasteiger charge is 2.21. The van der Waals surface area contributed by atoms with E-state index in [4.69, 9.17) is 9.47 Å². The van der Waals surface area contributed by atoms with Gasteiger partial charge in [0, 0.05) is 6.54 Å². The Kier molecular flexibility index (Phi) is 7.33. The van der Waals surface area contributed by atoms with Crippen molar-refractivity contribution in [2.24, 2.45) is 0 Å². The smallest absolute Gasteiger partial charge is 0.263 e. The number of aromatic hydroxyl groups is 1. The molecule has 2 N–H and O–H groups in total. The van der Waals surface area contributed by atoms with Crippen molar-refractivity contribution in [2.75, 3.05) is 40.4 Å². The van der Waals surface area contributed by atoms with Gasteiger partial charge in [-0.2, -0.15) is 0 Å². The molecule has 2 aromatic rings. The molecule has 8 heteroatoms. The molecule has 0 unspecified atom stereocenters. The minimum absolute atomic E-state index is 0.0468. The van der Waals surface area contributed by atoms with Gasteiger partial charge in [-0.15, -0.1) is 11.3 Å². The van der Waals surface area contributed by atoms with Crippen LogP contribution in [0.5, 0.6) is 17.2 Å². The zero-order chi connectivity index (χ0) is 20.8. The monoisotopic (exact) mass is 419 g/mol. The molecule has 1 saturated heterocycles. The van der Waals surface area contributed by atoms with Gasteiger partial charge in [-0.3, -0.25) is 4.79 Å². The molecule has 1 aromatic carbocycles. The molecule has 1 aliphatic heterocycles. The number of ether oxygens (including phenoxy) is 2. The summed E-state index contributed by atoms with van der Waals surface area (Å²) in [5.74, 6) is 0.526. The van der Waals surface area contributed by atoms with Crippen molar-refractivity contribution in [2.45, 2.75) is 32.6 Å². The average molecular weight is 420 g/mol. The highest BCUT2D eigenvalue weighted by atomic mass is 32.1. The second-order valence-corrected chi connectivity index (χ2v) is 8.14. The summed E-state index contributed by atoms with van der Waals surface area (Å²) in [4.78, 5) is 20.1. The minimum atomic E-state index is -0.118. The molecule has 1 aromatic heterocycles. The predicted molar refractivity (Wildman–Crippen MR) is 114 cm³/mol. The Morgan fingerprint density at radius 3 is 2.69 bits per heavy atom. The van der Waals surface area contributed by atoms with Crippen molar-refractivity contribution in [3.8, 4) is 27.8 Å². The van der Waals surface area contributed by atoms with E-state index in [9.17, 15) is 9.90 Å². The SMILES string of the molecule is COc1ccc(-c2nc(C)c(C(=O)NCCCCN3CCCC3)s2)c(O)c1OC. The van der Waals surface area contributed by atoms with Crippen LogP contribution >= 0.6 is 11.3 Å². The molecule has 0 radical (unpaired) electrons. The number of hydrogen-bond acceptors (Lipinski definition) is 7. The van der Waals surface area contributed by atoms with E-state index in [1.807, 2.05) is 0 Å². The third-order valence-electron chi connectivity index (χ3n) is 5.14. The molecule has 7 nitrogen and oxygen atoms in total. The van der Waals surface area contributed by atoms with Gasteiger partial charge in [0.25, 0.3) is 5.91 Å². The summed E-state index contributed by atoms with van der Waals surface area (Å²) in [7, 11) is 2.98. The molecule has 1 aliphatic rings. The molecule has 0 bridgehead atoms. The number of nitrogens with zero attached hydrogens (tertiary/aromatic N) is 2. The molecule has 1 fully saturated rings. The molecule has 3 rings (SSSR count). The van der Waals surface area contributed by atoms with E-state index < -0.39 is 0 Å². The van der Waals surface area contributed by atoms with Crippen LogP contribution in [-0.2, 0) is 0 Å². The highest BCUT2D eigenvalue weighted by molar-refractivity contribution is 7.17. The first-order valence-corrected chi connectivity index (χ1v) is 10.8. The lowest BCUT2D eigenvalue weighted by Crippen LogP contribution is -2.26. The van der Waals surface area contributed by atoms with Crippen LogP contribution in [0.1, 0.15) is 41.0 Å². The lowest BCUT2D eigenvalue weighted by molar-refractivity contribution is 0.0956. The van der Waals surface area contributed by atoms with Gasteiger partial charge in [-0.05, 0) is 64.4 Å². The number of rotatable bonds is 9. The third kappa shape index (κ3) is 5.00. The maximum atomic E-state index is 12.6. The van der Waals surface area contributed by atoms with Crippen LogP contribution in [0.3, 0.4) is 0 Å². The summed E-state index contributed by atoms with van der Waals surface area (Å²) in [6.07, 6.45) is 4.66. The maximum Gasteiger partial charge on any atom is 0.263 e. The topological polar surface area (TPSA) is 83.9 Å². The van der Waals surface area contributed by atoms with Crippen molar-refractivity contribution in [3.63, 3.8) is 0 Å². The number of hydrogen-bond donors (Lipinski definition) is 2. The van der Waals surface area contributed by atoms with Gasteiger partial charge in [0.1, 0.15) is 9.88 Å². The molecular formula is C21H29N3O4S. The van der Waals surface area contributed by atoms with Crippen LogP contribution < -0.4 is 14.8 Å².